The van der Waals surface area contributed by atoms with Gasteiger partial charge in [0.1, 0.15) is 5.76 Å². The molecule has 0 radical (unpaired) electrons. The Balaban J connectivity index is 1.58. The van der Waals surface area contributed by atoms with Crippen molar-refractivity contribution in [2.24, 2.45) is 5.92 Å². The first-order valence-electron chi connectivity index (χ1n) is 8.44. The number of amides is 1. The molecule has 1 fully saturated rings. The van der Waals surface area contributed by atoms with Gasteiger partial charge in [0.2, 0.25) is 15.9 Å². The van der Waals surface area contributed by atoms with Crippen LogP contribution in [0.5, 0.6) is 0 Å². The van der Waals surface area contributed by atoms with Gasteiger partial charge in [-0.25, -0.2) is 8.42 Å². The molecule has 1 saturated heterocycles. The summed E-state index contributed by atoms with van der Waals surface area (Å²) >= 11 is 6.06. The van der Waals surface area contributed by atoms with E-state index in [4.69, 9.17) is 16.0 Å². The zero-order valence-electron chi connectivity index (χ0n) is 14.4. The van der Waals surface area contributed by atoms with Crippen LogP contribution in [-0.4, -0.2) is 31.7 Å². The summed E-state index contributed by atoms with van der Waals surface area (Å²) in [6, 6.07) is 8.31. The Morgan fingerprint density at radius 2 is 2.04 bits per heavy atom. The molecule has 1 N–H and O–H groups in total. The normalized spacial score (nSPS) is 16.5. The predicted molar refractivity (Wildman–Crippen MR) is 98.2 cm³/mol. The Labute approximate surface area is 158 Å². The van der Waals surface area contributed by atoms with Crippen molar-refractivity contribution in [1.29, 1.82) is 0 Å². The van der Waals surface area contributed by atoms with Crippen LogP contribution >= 0.6 is 11.6 Å². The molecule has 1 aliphatic rings. The number of nitrogens with zero attached hydrogens (tertiary/aromatic N) is 1. The fraction of sp³-hybridized carbons (Fsp3) is 0.389. The van der Waals surface area contributed by atoms with Gasteiger partial charge >= 0.3 is 0 Å². The maximum absolute atomic E-state index is 12.8. The van der Waals surface area contributed by atoms with E-state index in [1.165, 1.54) is 10.4 Å². The third-order valence-corrected chi connectivity index (χ3v) is 6.92. The average molecular weight is 397 g/mol. The lowest BCUT2D eigenvalue weighted by atomic mass is 9.97. The second-order valence-electron chi connectivity index (χ2n) is 6.39. The van der Waals surface area contributed by atoms with Crippen molar-refractivity contribution in [3.8, 4) is 0 Å². The maximum atomic E-state index is 12.8. The first-order chi connectivity index (χ1) is 12.4. The fourth-order valence-electron chi connectivity index (χ4n) is 2.97. The summed E-state index contributed by atoms with van der Waals surface area (Å²) in [5.41, 5.74) is 0.831. The van der Waals surface area contributed by atoms with Gasteiger partial charge in [-0.3, -0.25) is 4.79 Å². The predicted octanol–water partition coefficient (Wildman–Crippen LogP) is 2.96. The lowest BCUT2D eigenvalue weighted by molar-refractivity contribution is -0.126. The molecule has 0 aliphatic carbocycles. The highest BCUT2D eigenvalue weighted by atomic mass is 35.5. The highest BCUT2D eigenvalue weighted by Gasteiger charge is 2.32. The molecule has 6 nitrogen and oxygen atoms in total. The Kier molecular flexibility index (Phi) is 5.70. The molecule has 1 amide bonds. The molecule has 2 heterocycles. The lowest BCUT2D eigenvalue weighted by Crippen LogP contribution is -2.42. The van der Waals surface area contributed by atoms with Crippen LogP contribution in [0.1, 0.15) is 24.2 Å². The summed E-state index contributed by atoms with van der Waals surface area (Å²) in [5.74, 6) is 0.421. The number of hydrogen-bond donors (Lipinski definition) is 1. The number of carbonyl (C=O) groups excluding carboxylic acids is 1. The van der Waals surface area contributed by atoms with Crippen molar-refractivity contribution in [1.82, 2.24) is 9.62 Å². The number of sulfonamides is 1. The zero-order chi connectivity index (χ0) is 18.7. The molecular formula is C18H21ClN2O4S. The van der Waals surface area contributed by atoms with E-state index < -0.39 is 10.0 Å². The van der Waals surface area contributed by atoms with E-state index in [9.17, 15) is 13.2 Å². The first-order valence-corrected chi connectivity index (χ1v) is 10.3. The largest absolute Gasteiger partial charge is 0.467 e. The Morgan fingerprint density at radius 1 is 1.31 bits per heavy atom. The van der Waals surface area contributed by atoms with Crippen molar-refractivity contribution in [2.75, 3.05) is 13.1 Å². The highest BCUT2D eigenvalue weighted by molar-refractivity contribution is 7.89. The highest BCUT2D eigenvalue weighted by Crippen LogP contribution is 2.26. The minimum atomic E-state index is -3.60. The molecule has 0 atom stereocenters. The van der Waals surface area contributed by atoms with E-state index in [0.717, 1.165) is 5.56 Å². The summed E-state index contributed by atoms with van der Waals surface area (Å²) in [7, 11) is -3.60. The van der Waals surface area contributed by atoms with Gasteiger partial charge in [-0.1, -0.05) is 17.7 Å². The van der Waals surface area contributed by atoms with Gasteiger partial charge in [0.15, 0.2) is 0 Å². The van der Waals surface area contributed by atoms with E-state index in [0.29, 0.717) is 43.3 Å². The molecule has 0 saturated carbocycles. The van der Waals surface area contributed by atoms with Gasteiger partial charge in [0.05, 0.1) is 17.7 Å². The Bertz CT molecular complexity index is 873. The minimum absolute atomic E-state index is 0.0724. The van der Waals surface area contributed by atoms with Crippen LogP contribution in [0.2, 0.25) is 5.02 Å². The van der Waals surface area contributed by atoms with E-state index in [1.807, 2.05) is 6.92 Å². The number of hydrogen-bond acceptors (Lipinski definition) is 4. The Morgan fingerprint density at radius 3 is 2.65 bits per heavy atom. The molecule has 1 aromatic heterocycles. The van der Waals surface area contributed by atoms with E-state index in [2.05, 4.69) is 5.32 Å². The number of nitrogens with one attached hydrogen (secondary N) is 1. The third kappa shape index (κ3) is 4.11. The quantitative estimate of drug-likeness (QED) is 0.842. The third-order valence-electron chi connectivity index (χ3n) is 4.62. The van der Waals surface area contributed by atoms with Crippen LogP contribution in [-0.2, 0) is 21.4 Å². The summed E-state index contributed by atoms with van der Waals surface area (Å²) < 4.78 is 32.1. The second-order valence-corrected chi connectivity index (χ2v) is 8.73. The average Bonchev–Trinajstić information content (AvgIpc) is 3.15. The molecule has 1 aliphatic heterocycles. The topological polar surface area (TPSA) is 79.6 Å². The molecule has 0 spiro atoms. The first kappa shape index (κ1) is 18.9. The van der Waals surface area contributed by atoms with Gasteiger partial charge in [0, 0.05) is 24.0 Å². The van der Waals surface area contributed by atoms with Crippen molar-refractivity contribution in [3.05, 3.63) is 52.9 Å². The number of aryl methyl sites for hydroxylation is 1. The van der Waals surface area contributed by atoms with Crippen LogP contribution < -0.4 is 5.32 Å². The number of furan rings is 1. The lowest BCUT2D eigenvalue weighted by Gasteiger charge is -2.30. The van der Waals surface area contributed by atoms with Crippen LogP contribution in [0.4, 0.5) is 0 Å². The van der Waals surface area contributed by atoms with Crippen LogP contribution in [0, 0.1) is 12.8 Å². The summed E-state index contributed by atoms with van der Waals surface area (Å²) in [5, 5.41) is 3.26. The van der Waals surface area contributed by atoms with Gasteiger partial charge in [-0.2, -0.15) is 4.31 Å². The van der Waals surface area contributed by atoms with Crippen LogP contribution in [0.15, 0.2) is 45.9 Å². The van der Waals surface area contributed by atoms with Crippen molar-refractivity contribution in [2.45, 2.75) is 31.2 Å². The molecule has 0 unspecified atom stereocenters. The van der Waals surface area contributed by atoms with Crippen molar-refractivity contribution < 1.29 is 17.6 Å². The Hall–Kier alpha value is -1.83. The molecule has 8 heteroatoms. The molecule has 26 heavy (non-hydrogen) atoms. The van der Waals surface area contributed by atoms with E-state index >= 15 is 0 Å². The van der Waals surface area contributed by atoms with E-state index in [-0.39, 0.29) is 16.7 Å². The number of rotatable bonds is 5. The smallest absolute Gasteiger partial charge is 0.243 e. The number of halogens is 1. The van der Waals surface area contributed by atoms with E-state index in [1.54, 1.807) is 30.5 Å². The van der Waals surface area contributed by atoms with Gasteiger partial charge in [0.25, 0.3) is 0 Å². The molecule has 140 valence electrons. The molecule has 2 aromatic rings. The second kappa shape index (κ2) is 7.82. The SMILES string of the molecule is Cc1ccc(S(=O)(=O)N2CCC(C(=O)NCc3ccco3)CC2)cc1Cl. The summed E-state index contributed by atoms with van der Waals surface area (Å²) in [6.45, 7) is 2.79. The zero-order valence-corrected chi connectivity index (χ0v) is 16.0. The monoisotopic (exact) mass is 396 g/mol. The summed E-state index contributed by atoms with van der Waals surface area (Å²) in [6.07, 6.45) is 2.54. The molecule has 1 aromatic carbocycles. The van der Waals surface area contributed by atoms with Crippen LogP contribution in [0.3, 0.4) is 0 Å². The molecular weight excluding hydrogens is 376 g/mol. The number of piperidine rings is 1. The van der Waals surface area contributed by atoms with Gasteiger partial charge in [-0.15, -0.1) is 0 Å². The minimum Gasteiger partial charge on any atom is -0.467 e. The van der Waals surface area contributed by atoms with Crippen molar-refractivity contribution >= 4 is 27.5 Å². The maximum Gasteiger partial charge on any atom is 0.243 e. The fourth-order valence-corrected chi connectivity index (χ4v) is 4.71. The summed E-state index contributed by atoms with van der Waals surface area (Å²) in [4.78, 5) is 12.5. The molecule has 0 bridgehead atoms. The van der Waals surface area contributed by atoms with Gasteiger partial charge in [-0.05, 0) is 49.6 Å². The van der Waals surface area contributed by atoms with Gasteiger partial charge < -0.3 is 9.73 Å². The molecule has 3 rings (SSSR count). The van der Waals surface area contributed by atoms with Crippen molar-refractivity contribution in [3.63, 3.8) is 0 Å². The number of benzene rings is 1. The van der Waals surface area contributed by atoms with Crippen LogP contribution in [0.25, 0.3) is 0 Å². The number of carbonyl (C=O) groups is 1. The standard InChI is InChI=1S/C18H21ClN2O4S/c1-13-4-5-16(11-17(13)19)26(23,24)21-8-6-14(7-9-21)18(22)20-12-15-3-2-10-25-15/h2-5,10-11,14H,6-9,12H2,1H3,(H,20,22).